The van der Waals surface area contributed by atoms with Crippen LogP contribution in [0.5, 0.6) is 0 Å². The van der Waals surface area contributed by atoms with Gasteiger partial charge in [-0.1, -0.05) is 0 Å². The Morgan fingerprint density at radius 1 is 1.00 bits per heavy atom. The molecule has 8 heavy (non-hydrogen) atoms. The van der Waals surface area contributed by atoms with Crippen LogP contribution in [0.2, 0.25) is 0 Å². The van der Waals surface area contributed by atoms with Gasteiger partial charge in [0.1, 0.15) is 0 Å². The first-order valence-corrected chi connectivity index (χ1v) is 2.35. The van der Waals surface area contributed by atoms with Gasteiger partial charge in [0.15, 0.2) is 0 Å². The van der Waals surface area contributed by atoms with E-state index in [0.717, 1.165) is 0 Å². The normalized spacial score (nSPS) is 7.38. The van der Waals surface area contributed by atoms with Crippen molar-refractivity contribution in [3.63, 3.8) is 0 Å². The minimum absolute atomic E-state index is 0. The van der Waals surface area contributed by atoms with Crippen molar-refractivity contribution < 1.29 is 36.0 Å². The molecule has 0 aromatic carbocycles. The zero-order chi connectivity index (χ0) is 4.50. The molecule has 4 nitrogen and oxygen atoms in total. The Balaban J connectivity index is -0.0000000267. The Labute approximate surface area is 81.2 Å². The molecule has 45 valence electrons. The summed E-state index contributed by atoms with van der Waals surface area (Å²) < 4.78 is 8.88. The Kier molecular flexibility index (Phi) is 24.8. The fraction of sp³-hybridized carbons (Fsp3) is 0. The molecule has 0 bridgehead atoms. The molecular formula is H5CoLi2O4P. The van der Waals surface area contributed by atoms with Crippen molar-refractivity contribution in [3.8, 4) is 0 Å². The Bertz CT molecular complexity index is 60.2. The molecule has 3 N–H and O–H groups in total. The summed E-state index contributed by atoms with van der Waals surface area (Å²) in [6.45, 7) is 0. The molecule has 0 heterocycles. The zero-order valence-electron chi connectivity index (χ0n) is 2.53. The van der Waals surface area contributed by atoms with E-state index in [0.29, 0.717) is 0 Å². The first-order valence-electron chi connectivity index (χ1n) is 0.783. The van der Waals surface area contributed by atoms with Crippen LogP contribution < -0.4 is 0 Å². The second-order valence-corrected chi connectivity index (χ2v) is 1.54. The summed E-state index contributed by atoms with van der Waals surface area (Å²) in [5.74, 6) is 0. The predicted octanol–water partition coefficient (Wildman–Crippen LogP) is -2.23. The van der Waals surface area contributed by atoms with Crippen LogP contribution in [0.1, 0.15) is 0 Å². The molecule has 0 aromatic rings. The van der Waals surface area contributed by atoms with E-state index in [1.807, 2.05) is 0 Å². The third-order valence-corrected chi connectivity index (χ3v) is 0. The number of hydrogen-bond acceptors (Lipinski definition) is 1. The van der Waals surface area contributed by atoms with E-state index >= 15 is 0 Å². The molecule has 0 atom stereocenters. The molecule has 0 aliphatic carbocycles. The molecule has 0 aliphatic heterocycles. The fourth-order valence-electron chi connectivity index (χ4n) is 0. The average Bonchev–Trinajstić information content (AvgIpc) is 0.722. The van der Waals surface area contributed by atoms with E-state index in [-0.39, 0.29) is 54.5 Å². The van der Waals surface area contributed by atoms with E-state index in [9.17, 15) is 0 Å². The van der Waals surface area contributed by atoms with Gasteiger partial charge in [0, 0.05) is 16.8 Å². The summed E-state index contributed by atoms with van der Waals surface area (Å²) in [5.41, 5.74) is 0. The summed E-state index contributed by atoms with van der Waals surface area (Å²) in [6, 6.07) is 0. The predicted molar refractivity (Wildman–Crippen MR) is 28.6 cm³/mol. The van der Waals surface area contributed by atoms with Gasteiger partial charge in [0.05, 0.1) is 0 Å². The van der Waals surface area contributed by atoms with E-state index in [1.54, 1.807) is 0 Å². The number of rotatable bonds is 0. The van der Waals surface area contributed by atoms with E-state index < -0.39 is 7.82 Å². The van der Waals surface area contributed by atoms with Crippen LogP contribution in [0, 0.1) is 0 Å². The molecular weight excluding hydrogens is 168 g/mol. The van der Waals surface area contributed by atoms with Gasteiger partial charge in [-0.05, 0) is 0 Å². The van der Waals surface area contributed by atoms with Gasteiger partial charge >= 0.3 is 45.5 Å². The minimum atomic E-state index is -4.64. The van der Waals surface area contributed by atoms with Crippen molar-refractivity contribution in [2.45, 2.75) is 0 Å². The second-order valence-electron chi connectivity index (χ2n) is 0.513. The molecule has 0 aliphatic rings. The van der Waals surface area contributed by atoms with Crippen molar-refractivity contribution >= 4 is 45.5 Å². The summed E-state index contributed by atoms with van der Waals surface area (Å²) in [6.07, 6.45) is 0. The number of phosphoric acid groups is 1. The van der Waals surface area contributed by atoms with Crippen molar-refractivity contribution in [2.75, 3.05) is 0 Å². The average molecular weight is 173 g/mol. The molecule has 1 radical (unpaired) electrons. The first-order chi connectivity index (χ1) is 2.00. The molecule has 0 rings (SSSR count). The summed E-state index contributed by atoms with van der Waals surface area (Å²) in [4.78, 5) is 21.6. The molecule has 0 fully saturated rings. The van der Waals surface area contributed by atoms with Crippen LogP contribution in [-0.2, 0) is 21.3 Å². The maximum absolute atomic E-state index is 8.88. The van der Waals surface area contributed by atoms with Crippen LogP contribution in [0.3, 0.4) is 0 Å². The monoisotopic (exact) mass is 173 g/mol. The SMILES string of the molecule is O=P(O)(O)O.[Co].[LiH].[LiH]. The quantitative estimate of drug-likeness (QED) is 0.286. The van der Waals surface area contributed by atoms with Gasteiger partial charge in [-0.15, -0.1) is 0 Å². The Morgan fingerprint density at radius 2 is 1.00 bits per heavy atom. The summed E-state index contributed by atoms with van der Waals surface area (Å²) in [7, 11) is -4.64. The molecule has 0 spiro atoms. The van der Waals surface area contributed by atoms with Crippen LogP contribution in [0.25, 0.3) is 0 Å². The molecule has 0 unspecified atom stereocenters. The van der Waals surface area contributed by atoms with Crippen molar-refractivity contribution in [2.24, 2.45) is 0 Å². The standard InChI is InChI=1S/Co.2Li.H3O4P.2H/c;;;1-5(2,3)4;;/h;;;(H3,1,2,3,4);;. The fourth-order valence-corrected chi connectivity index (χ4v) is 0. The van der Waals surface area contributed by atoms with E-state index in [2.05, 4.69) is 0 Å². The maximum atomic E-state index is 8.88. The van der Waals surface area contributed by atoms with Gasteiger partial charge in [0.2, 0.25) is 0 Å². The van der Waals surface area contributed by atoms with Gasteiger partial charge in [0.25, 0.3) is 0 Å². The molecule has 8 heteroatoms. The summed E-state index contributed by atoms with van der Waals surface area (Å²) >= 11 is 0. The topological polar surface area (TPSA) is 77.8 Å². The zero-order valence-corrected chi connectivity index (χ0v) is 4.47. The Morgan fingerprint density at radius 3 is 1.00 bits per heavy atom. The van der Waals surface area contributed by atoms with Crippen molar-refractivity contribution in [3.05, 3.63) is 0 Å². The molecule has 0 amide bonds. The molecule has 0 aromatic heterocycles. The molecule has 0 saturated carbocycles. The third-order valence-electron chi connectivity index (χ3n) is 0. The van der Waals surface area contributed by atoms with Crippen LogP contribution in [-0.4, -0.2) is 52.4 Å². The van der Waals surface area contributed by atoms with Gasteiger partial charge in [-0.3, -0.25) is 0 Å². The number of hydrogen-bond donors (Lipinski definition) is 3. The van der Waals surface area contributed by atoms with Crippen LogP contribution >= 0.6 is 7.82 Å². The Hall–Kier alpha value is 1.81. The first kappa shape index (κ1) is 22.6. The van der Waals surface area contributed by atoms with E-state index in [1.165, 1.54) is 0 Å². The van der Waals surface area contributed by atoms with Gasteiger partial charge in [-0.2, -0.15) is 0 Å². The molecule has 0 saturated heterocycles. The van der Waals surface area contributed by atoms with E-state index in [4.69, 9.17) is 19.2 Å². The van der Waals surface area contributed by atoms with Gasteiger partial charge in [-0.25, -0.2) is 4.57 Å². The second kappa shape index (κ2) is 8.81. The third kappa shape index (κ3) is 110. The van der Waals surface area contributed by atoms with Crippen molar-refractivity contribution in [1.29, 1.82) is 0 Å². The summed E-state index contributed by atoms with van der Waals surface area (Å²) in [5, 5.41) is 0. The van der Waals surface area contributed by atoms with Crippen molar-refractivity contribution in [1.82, 2.24) is 0 Å². The van der Waals surface area contributed by atoms with Crippen LogP contribution in [0.15, 0.2) is 0 Å². The van der Waals surface area contributed by atoms with Gasteiger partial charge < -0.3 is 14.7 Å². The van der Waals surface area contributed by atoms with Crippen LogP contribution in [0.4, 0.5) is 0 Å².